The lowest BCUT2D eigenvalue weighted by molar-refractivity contribution is 0.107. The van der Waals surface area contributed by atoms with Gasteiger partial charge in [0.1, 0.15) is 36.5 Å². The Morgan fingerprint density at radius 3 is 2.46 bits per heavy atom. The third-order valence-electron chi connectivity index (χ3n) is 10.6. The molecule has 2 fully saturated rings. The van der Waals surface area contributed by atoms with Crippen molar-refractivity contribution in [2.75, 3.05) is 39.9 Å². The maximum Gasteiger partial charge on any atom is 0.142 e. The van der Waals surface area contributed by atoms with Crippen molar-refractivity contribution in [3.63, 3.8) is 0 Å². The van der Waals surface area contributed by atoms with Crippen molar-refractivity contribution in [2.45, 2.75) is 84.8 Å². The molecule has 274 valence electrons. The monoisotopic (exact) mass is 722 g/mol. The summed E-state index contributed by atoms with van der Waals surface area (Å²) < 4.78 is 24.7. The Kier molecular flexibility index (Phi) is 13.1. The number of likely N-dealkylation sites (tertiary alicyclic amines) is 2. The Morgan fingerprint density at radius 2 is 1.67 bits per heavy atom. The molecule has 0 N–H and O–H groups in total. The zero-order chi connectivity index (χ0) is 36.5. The van der Waals surface area contributed by atoms with E-state index in [9.17, 15) is 5.26 Å². The highest BCUT2D eigenvalue weighted by Crippen LogP contribution is 2.37. The Labute approximate surface area is 314 Å². The van der Waals surface area contributed by atoms with Crippen LogP contribution in [0.25, 0.3) is 11.1 Å². The summed E-state index contributed by atoms with van der Waals surface area (Å²) in [5.41, 5.74) is 8.01. The quantitative estimate of drug-likeness (QED) is 0.113. The molecule has 9 heteroatoms. The first kappa shape index (κ1) is 37.6. The fraction of sp³-hybridized carbons (Fsp3) is 0.442. The second-order valence-corrected chi connectivity index (χ2v) is 14.6. The molecule has 2 aliphatic heterocycles. The highest BCUT2D eigenvalue weighted by Gasteiger charge is 2.23. The molecule has 0 bridgehead atoms. The van der Waals surface area contributed by atoms with Crippen LogP contribution in [-0.2, 0) is 24.5 Å². The second kappa shape index (κ2) is 18.1. The van der Waals surface area contributed by atoms with Gasteiger partial charge in [-0.2, -0.15) is 5.26 Å². The van der Waals surface area contributed by atoms with E-state index in [0.717, 1.165) is 96.0 Å². The van der Waals surface area contributed by atoms with Crippen molar-refractivity contribution in [1.29, 1.82) is 5.26 Å². The number of aromatic nitrogens is 1. The van der Waals surface area contributed by atoms with Crippen LogP contribution >= 0.6 is 11.6 Å². The van der Waals surface area contributed by atoms with E-state index in [1.165, 1.54) is 19.3 Å². The number of hydrogen-bond acceptors (Lipinski definition) is 8. The first-order valence-corrected chi connectivity index (χ1v) is 18.9. The second-order valence-electron chi connectivity index (χ2n) is 14.1. The number of rotatable bonds is 15. The number of nitrogens with zero attached hydrogens (tertiary/aromatic N) is 4. The van der Waals surface area contributed by atoms with Crippen molar-refractivity contribution in [3.8, 4) is 34.4 Å². The first-order valence-electron chi connectivity index (χ1n) is 18.6. The summed E-state index contributed by atoms with van der Waals surface area (Å²) in [4.78, 5) is 9.15. The molecule has 6 rings (SSSR count). The summed E-state index contributed by atoms with van der Waals surface area (Å²) in [6.07, 6.45) is 9.35. The Balaban J connectivity index is 1.15. The molecule has 0 amide bonds. The third kappa shape index (κ3) is 9.45. The molecule has 8 nitrogen and oxygen atoms in total. The summed E-state index contributed by atoms with van der Waals surface area (Å²) in [5.74, 6) is 2.21. The molecular weight excluding hydrogens is 672 g/mol. The number of hydrogen-bond donors (Lipinski definition) is 0. The minimum atomic E-state index is 0.280. The lowest BCUT2D eigenvalue weighted by atomic mass is 9.93. The van der Waals surface area contributed by atoms with E-state index in [4.69, 9.17) is 30.5 Å². The molecule has 2 aliphatic rings. The fourth-order valence-corrected chi connectivity index (χ4v) is 7.60. The van der Waals surface area contributed by atoms with E-state index < -0.39 is 0 Å². The molecule has 0 unspecified atom stereocenters. The molecule has 0 radical (unpaired) electrons. The van der Waals surface area contributed by atoms with Crippen LogP contribution in [0.1, 0.15) is 72.4 Å². The maximum absolute atomic E-state index is 9.35. The van der Waals surface area contributed by atoms with Crippen molar-refractivity contribution < 1.29 is 18.9 Å². The minimum Gasteiger partial charge on any atom is -0.493 e. The van der Waals surface area contributed by atoms with E-state index in [1.54, 1.807) is 25.6 Å². The van der Waals surface area contributed by atoms with E-state index in [1.807, 2.05) is 12.1 Å². The predicted molar refractivity (Wildman–Crippen MR) is 206 cm³/mol. The number of nitriles is 1. The maximum atomic E-state index is 9.35. The van der Waals surface area contributed by atoms with Gasteiger partial charge < -0.3 is 23.8 Å². The summed E-state index contributed by atoms with van der Waals surface area (Å²) >= 11 is 6.92. The van der Waals surface area contributed by atoms with Crippen molar-refractivity contribution in [2.24, 2.45) is 0 Å². The third-order valence-corrected chi connectivity index (χ3v) is 10.9. The summed E-state index contributed by atoms with van der Waals surface area (Å²) in [5, 5.41) is 9.91. The van der Waals surface area contributed by atoms with Gasteiger partial charge in [0.2, 0.25) is 0 Å². The van der Waals surface area contributed by atoms with Gasteiger partial charge >= 0.3 is 0 Å². The molecule has 3 aromatic carbocycles. The molecule has 0 spiro atoms. The van der Waals surface area contributed by atoms with Gasteiger partial charge in [0.15, 0.2) is 0 Å². The smallest absolute Gasteiger partial charge is 0.142 e. The van der Waals surface area contributed by atoms with Gasteiger partial charge in [-0.05, 0) is 99.0 Å². The normalized spacial score (nSPS) is 17.9. The standard InChI is InChI=1S/C43H51ClN4O4/c1-30-10-5-6-17-48(30)26-36-21-40(44)43(22-42(36)51-28-34-20-33(23-45)24-46-25-34)52-29-35-11-7-12-38(31(35)2)39-13-8-14-41(32(39)3)50-19-9-16-47-18-15-37(27-47)49-4/h7-8,11-14,20-22,24-25,30,37H,5-6,9-10,15-19,26-29H2,1-4H3/t30-,37-/m1/s1. The molecule has 3 heterocycles. The number of methoxy groups -OCH3 is 1. The van der Waals surface area contributed by atoms with Gasteiger partial charge in [-0.3, -0.25) is 9.88 Å². The Hall–Kier alpha value is -4.13. The average Bonchev–Trinajstić information content (AvgIpc) is 3.63. The lowest BCUT2D eigenvalue weighted by Crippen LogP contribution is -2.36. The predicted octanol–water partition coefficient (Wildman–Crippen LogP) is 8.91. The zero-order valence-corrected chi connectivity index (χ0v) is 31.8. The van der Waals surface area contributed by atoms with Crippen LogP contribution in [0, 0.1) is 25.2 Å². The van der Waals surface area contributed by atoms with E-state index in [2.05, 4.69) is 78.0 Å². The highest BCUT2D eigenvalue weighted by molar-refractivity contribution is 6.32. The number of halogens is 1. The zero-order valence-electron chi connectivity index (χ0n) is 31.0. The number of benzene rings is 3. The molecule has 2 saturated heterocycles. The number of ether oxygens (including phenoxy) is 4. The molecule has 0 saturated carbocycles. The largest absolute Gasteiger partial charge is 0.493 e. The van der Waals surface area contributed by atoms with Crippen LogP contribution in [0.3, 0.4) is 0 Å². The van der Waals surface area contributed by atoms with Crippen LogP contribution < -0.4 is 14.2 Å². The highest BCUT2D eigenvalue weighted by atomic mass is 35.5. The van der Waals surface area contributed by atoms with E-state index in [-0.39, 0.29) is 6.61 Å². The van der Waals surface area contributed by atoms with Crippen LogP contribution in [0.2, 0.25) is 5.02 Å². The van der Waals surface area contributed by atoms with Gasteiger partial charge in [0, 0.05) is 68.9 Å². The van der Waals surface area contributed by atoms with Gasteiger partial charge in [-0.1, -0.05) is 48.4 Å². The van der Waals surface area contributed by atoms with Crippen molar-refractivity contribution in [1.82, 2.24) is 14.8 Å². The topological polar surface area (TPSA) is 80.1 Å². The average molecular weight is 723 g/mol. The minimum absolute atomic E-state index is 0.280. The molecular formula is C43H51ClN4O4. The molecule has 1 aromatic heterocycles. The summed E-state index contributed by atoms with van der Waals surface area (Å²) in [6.45, 7) is 12.8. The molecule has 0 aliphatic carbocycles. The Morgan fingerprint density at radius 1 is 0.865 bits per heavy atom. The molecule has 52 heavy (non-hydrogen) atoms. The van der Waals surface area contributed by atoms with Crippen LogP contribution in [0.4, 0.5) is 0 Å². The van der Waals surface area contributed by atoms with Crippen LogP contribution in [-0.4, -0.2) is 66.8 Å². The summed E-state index contributed by atoms with van der Waals surface area (Å²) in [7, 11) is 1.80. The first-order chi connectivity index (χ1) is 25.3. The number of piperidine rings is 1. The van der Waals surface area contributed by atoms with Crippen molar-refractivity contribution >= 4 is 11.6 Å². The molecule has 4 aromatic rings. The van der Waals surface area contributed by atoms with Gasteiger partial charge in [-0.15, -0.1) is 0 Å². The van der Waals surface area contributed by atoms with Gasteiger partial charge in [0.05, 0.1) is 23.3 Å². The van der Waals surface area contributed by atoms with Crippen LogP contribution in [0.5, 0.6) is 17.2 Å². The van der Waals surface area contributed by atoms with E-state index >= 15 is 0 Å². The number of pyridine rings is 1. The van der Waals surface area contributed by atoms with Crippen molar-refractivity contribution in [3.05, 3.63) is 105 Å². The Bertz CT molecular complexity index is 1860. The lowest BCUT2D eigenvalue weighted by Gasteiger charge is -2.33. The summed E-state index contributed by atoms with van der Waals surface area (Å²) in [6, 6.07) is 21.0. The van der Waals surface area contributed by atoms with Gasteiger partial charge in [-0.25, -0.2) is 0 Å². The SMILES string of the molecule is CO[C@@H]1CCN(CCCOc2cccc(-c3cccc(COc4cc(OCc5cncc(C#N)c5)c(CN5CCCC[C@H]5C)cc4Cl)c3C)c2C)C1. The van der Waals surface area contributed by atoms with Gasteiger partial charge in [0.25, 0.3) is 0 Å². The fourth-order valence-electron chi connectivity index (χ4n) is 7.36. The molecule has 2 atom stereocenters. The van der Waals surface area contributed by atoms with E-state index in [0.29, 0.717) is 41.7 Å². The van der Waals surface area contributed by atoms with Crippen LogP contribution in [0.15, 0.2) is 67.0 Å².